The zero-order valence-corrected chi connectivity index (χ0v) is 18.0. The number of fused-ring (bicyclic) bond motifs is 1. The number of amides is 1. The molecule has 0 aliphatic carbocycles. The Bertz CT molecular complexity index is 1120. The highest BCUT2D eigenvalue weighted by molar-refractivity contribution is 7.99. The van der Waals surface area contributed by atoms with Gasteiger partial charge in [-0.25, -0.2) is 4.39 Å². The molecule has 166 valence electrons. The van der Waals surface area contributed by atoms with Gasteiger partial charge >= 0.3 is 0 Å². The first-order chi connectivity index (χ1) is 15.5. The largest absolute Gasteiger partial charge is 0.486 e. The van der Waals surface area contributed by atoms with Gasteiger partial charge in [-0.15, -0.1) is 11.8 Å². The molecule has 1 aliphatic rings. The number of nitrogens with one attached hydrogen (secondary N) is 2. The molecule has 1 atom stereocenters. The van der Waals surface area contributed by atoms with Crippen LogP contribution in [-0.2, 0) is 10.5 Å². The highest BCUT2D eigenvalue weighted by atomic mass is 32.2. The fourth-order valence-corrected chi connectivity index (χ4v) is 3.60. The standard InChI is InChI=1S/C21H21FN6O3S/c1-12(19(29)24-15-6-7-16-17(10-15)31-9-8-30-16)32-11-18-26-20(23)28-21(27-18)25-14-4-2-13(22)3-5-14/h2-7,10,12H,8-9,11H2,1H3,(H,24,29)(H3,23,25,26,27,28). The van der Waals surface area contributed by atoms with Gasteiger partial charge in [0, 0.05) is 17.4 Å². The summed E-state index contributed by atoms with van der Waals surface area (Å²) in [6, 6.07) is 11.1. The van der Waals surface area contributed by atoms with Gasteiger partial charge in [-0.1, -0.05) is 0 Å². The summed E-state index contributed by atoms with van der Waals surface area (Å²) in [5, 5.41) is 5.45. The molecular weight excluding hydrogens is 435 g/mol. The van der Waals surface area contributed by atoms with Gasteiger partial charge in [0.1, 0.15) is 24.9 Å². The van der Waals surface area contributed by atoms with Crippen LogP contribution in [0.2, 0.25) is 0 Å². The van der Waals surface area contributed by atoms with Gasteiger partial charge in [-0.05, 0) is 43.3 Å². The minimum atomic E-state index is -0.380. The zero-order chi connectivity index (χ0) is 22.5. The van der Waals surface area contributed by atoms with E-state index in [0.29, 0.717) is 47.7 Å². The van der Waals surface area contributed by atoms with E-state index in [1.54, 1.807) is 37.3 Å². The van der Waals surface area contributed by atoms with Crippen molar-refractivity contribution in [3.8, 4) is 11.5 Å². The van der Waals surface area contributed by atoms with Crippen LogP contribution < -0.4 is 25.8 Å². The van der Waals surface area contributed by atoms with Crippen molar-refractivity contribution < 1.29 is 18.7 Å². The van der Waals surface area contributed by atoms with Crippen LogP contribution in [0.4, 0.5) is 27.7 Å². The van der Waals surface area contributed by atoms with Gasteiger partial charge in [0.2, 0.25) is 17.8 Å². The van der Waals surface area contributed by atoms with Crippen molar-refractivity contribution in [1.82, 2.24) is 15.0 Å². The summed E-state index contributed by atoms with van der Waals surface area (Å²) in [6.45, 7) is 2.78. The number of thioether (sulfide) groups is 1. The fourth-order valence-electron chi connectivity index (χ4n) is 2.86. The molecule has 4 rings (SSSR count). The lowest BCUT2D eigenvalue weighted by Crippen LogP contribution is -2.23. The van der Waals surface area contributed by atoms with Gasteiger partial charge < -0.3 is 25.8 Å². The Morgan fingerprint density at radius 3 is 2.59 bits per heavy atom. The topological polar surface area (TPSA) is 124 Å². The average Bonchev–Trinajstić information content (AvgIpc) is 2.78. The van der Waals surface area contributed by atoms with E-state index in [-0.39, 0.29) is 28.9 Å². The molecule has 0 spiro atoms. The average molecular weight is 457 g/mol. The van der Waals surface area contributed by atoms with Crippen molar-refractivity contribution >= 4 is 40.9 Å². The van der Waals surface area contributed by atoms with E-state index >= 15 is 0 Å². The number of benzene rings is 2. The van der Waals surface area contributed by atoms with Crippen molar-refractivity contribution in [3.63, 3.8) is 0 Å². The summed E-state index contributed by atoms with van der Waals surface area (Å²) in [5.41, 5.74) is 7.03. The number of hydrogen-bond acceptors (Lipinski definition) is 9. The maximum Gasteiger partial charge on any atom is 0.237 e. The van der Waals surface area contributed by atoms with Crippen molar-refractivity contribution in [2.45, 2.75) is 17.9 Å². The summed E-state index contributed by atoms with van der Waals surface area (Å²) in [5.74, 6) is 1.82. The zero-order valence-electron chi connectivity index (χ0n) is 17.2. The van der Waals surface area contributed by atoms with E-state index < -0.39 is 0 Å². The number of ether oxygens (including phenoxy) is 2. The molecule has 1 aliphatic heterocycles. The molecule has 1 amide bonds. The summed E-state index contributed by atoms with van der Waals surface area (Å²) in [4.78, 5) is 25.1. The Kier molecular flexibility index (Phi) is 6.55. The highest BCUT2D eigenvalue weighted by Gasteiger charge is 2.17. The lowest BCUT2D eigenvalue weighted by molar-refractivity contribution is -0.115. The Morgan fingerprint density at radius 2 is 1.81 bits per heavy atom. The third-order valence-electron chi connectivity index (χ3n) is 4.44. The van der Waals surface area contributed by atoms with Gasteiger partial charge in [-0.3, -0.25) is 4.79 Å². The van der Waals surface area contributed by atoms with Gasteiger partial charge in [0.15, 0.2) is 11.5 Å². The molecule has 1 unspecified atom stereocenters. The number of hydrogen-bond donors (Lipinski definition) is 3. The van der Waals surface area contributed by atoms with Crippen LogP contribution in [0.25, 0.3) is 0 Å². The number of rotatable bonds is 7. The molecule has 32 heavy (non-hydrogen) atoms. The Labute approximate surface area is 188 Å². The summed E-state index contributed by atoms with van der Waals surface area (Å²) < 4.78 is 24.1. The molecule has 9 nitrogen and oxygen atoms in total. The number of halogens is 1. The number of aromatic nitrogens is 3. The first-order valence-corrected chi connectivity index (χ1v) is 10.9. The number of nitrogens with zero attached hydrogens (tertiary/aromatic N) is 3. The second-order valence-corrected chi connectivity index (χ2v) is 8.20. The monoisotopic (exact) mass is 456 g/mol. The SMILES string of the molecule is CC(SCc1nc(N)nc(Nc2ccc(F)cc2)n1)C(=O)Nc1ccc2c(c1)OCCO2. The summed E-state index contributed by atoms with van der Waals surface area (Å²) in [6.07, 6.45) is 0. The lowest BCUT2D eigenvalue weighted by atomic mass is 10.2. The Hall–Kier alpha value is -3.60. The molecular formula is C21H21FN6O3S. The van der Waals surface area contributed by atoms with E-state index in [1.807, 2.05) is 0 Å². The maximum atomic E-state index is 13.1. The van der Waals surface area contributed by atoms with Gasteiger partial charge in [-0.2, -0.15) is 15.0 Å². The minimum absolute atomic E-state index is 0.0496. The molecule has 0 saturated carbocycles. The van der Waals surface area contributed by atoms with Crippen LogP contribution in [-0.4, -0.2) is 39.3 Å². The van der Waals surface area contributed by atoms with Crippen molar-refractivity contribution in [1.29, 1.82) is 0 Å². The predicted octanol–water partition coefficient (Wildman–Crippen LogP) is 3.37. The lowest BCUT2D eigenvalue weighted by Gasteiger charge is -2.19. The van der Waals surface area contributed by atoms with E-state index in [0.717, 1.165) is 0 Å². The predicted molar refractivity (Wildman–Crippen MR) is 121 cm³/mol. The number of carbonyl (C=O) groups excluding carboxylic acids is 1. The molecule has 3 aromatic rings. The number of carbonyl (C=O) groups is 1. The maximum absolute atomic E-state index is 13.1. The van der Waals surface area contributed by atoms with Crippen molar-refractivity contribution in [3.05, 3.63) is 54.1 Å². The van der Waals surface area contributed by atoms with Crippen LogP contribution >= 0.6 is 11.8 Å². The number of nitrogens with two attached hydrogens (primary N) is 1. The van der Waals surface area contributed by atoms with Gasteiger partial charge in [0.05, 0.1) is 11.0 Å². The van der Waals surface area contributed by atoms with Gasteiger partial charge in [0.25, 0.3) is 0 Å². The van der Waals surface area contributed by atoms with E-state index in [2.05, 4.69) is 25.6 Å². The molecule has 0 radical (unpaired) electrons. The van der Waals surface area contributed by atoms with E-state index in [4.69, 9.17) is 15.2 Å². The molecule has 4 N–H and O–H groups in total. The number of anilines is 4. The molecule has 2 aromatic carbocycles. The second-order valence-electron chi connectivity index (χ2n) is 6.87. The molecule has 2 heterocycles. The fraction of sp³-hybridized carbons (Fsp3) is 0.238. The van der Waals surface area contributed by atoms with Crippen LogP contribution in [0.5, 0.6) is 11.5 Å². The minimum Gasteiger partial charge on any atom is -0.486 e. The summed E-state index contributed by atoms with van der Waals surface area (Å²) in [7, 11) is 0. The first kappa shape index (κ1) is 21.6. The first-order valence-electron chi connectivity index (χ1n) is 9.81. The Balaban J connectivity index is 1.34. The molecule has 11 heteroatoms. The molecule has 1 aromatic heterocycles. The van der Waals surface area contributed by atoms with Crippen LogP contribution in [0.15, 0.2) is 42.5 Å². The third-order valence-corrected chi connectivity index (χ3v) is 5.58. The quantitative estimate of drug-likeness (QED) is 0.491. The summed E-state index contributed by atoms with van der Waals surface area (Å²) >= 11 is 1.36. The molecule has 0 saturated heterocycles. The smallest absolute Gasteiger partial charge is 0.237 e. The van der Waals surface area contributed by atoms with E-state index in [9.17, 15) is 9.18 Å². The normalized spacial score (nSPS) is 13.3. The molecule has 0 bridgehead atoms. The molecule has 0 fully saturated rings. The van der Waals surface area contributed by atoms with Crippen molar-refractivity contribution in [2.75, 3.05) is 29.6 Å². The van der Waals surface area contributed by atoms with Crippen LogP contribution in [0.1, 0.15) is 12.7 Å². The number of nitrogen functional groups attached to an aromatic ring is 1. The van der Waals surface area contributed by atoms with Crippen molar-refractivity contribution in [2.24, 2.45) is 0 Å². The van der Waals surface area contributed by atoms with E-state index in [1.165, 1.54) is 23.9 Å². The van der Waals surface area contributed by atoms with Crippen LogP contribution in [0.3, 0.4) is 0 Å². The second kappa shape index (κ2) is 9.69. The third kappa shape index (κ3) is 5.55. The Morgan fingerprint density at radius 1 is 1.09 bits per heavy atom. The highest BCUT2D eigenvalue weighted by Crippen LogP contribution is 2.33. The van der Waals surface area contributed by atoms with Crippen LogP contribution in [0, 0.1) is 5.82 Å².